The number of hydrogen-bond acceptors (Lipinski definition) is 3. The third-order valence-electron chi connectivity index (χ3n) is 7.02. The molecule has 3 nitrogen and oxygen atoms in total. The van der Waals surface area contributed by atoms with E-state index in [0.717, 1.165) is 6.42 Å². The maximum absolute atomic E-state index is 9.77. The number of fused-ring (bicyclic) bond motifs is 1. The summed E-state index contributed by atoms with van der Waals surface area (Å²) >= 11 is 0. The normalized spacial score (nSPS) is 33.6. The van der Waals surface area contributed by atoms with Crippen LogP contribution in [0.3, 0.4) is 0 Å². The van der Waals surface area contributed by atoms with Crippen LogP contribution < -0.4 is 0 Å². The molecule has 0 amide bonds. The van der Waals surface area contributed by atoms with Gasteiger partial charge >= 0.3 is 0 Å². The zero-order valence-corrected chi connectivity index (χ0v) is 20.1. The van der Waals surface area contributed by atoms with Gasteiger partial charge in [-0.15, -0.1) is 0 Å². The summed E-state index contributed by atoms with van der Waals surface area (Å²) in [6.07, 6.45) is 8.67. The van der Waals surface area contributed by atoms with E-state index in [9.17, 15) is 5.11 Å². The third-order valence-corrected chi connectivity index (χ3v) is 8.29. The van der Waals surface area contributed by atoms with Gasteiger partial charge < -0.3 is 14.0 Å². The molecule has 0 saturated heterocycles. The van der Waals surface area contributed by atoms with Gasteiger partial charge in [0.25, 0.3) is 0 Å². The van der Waals surface area contributed by atoms with Gasteiger partial charge in [-0.1, -0.05) is 58.9 Å². The second-order valence-electron chi connectivity index (χ2n) is 8.91. The first kappa shape index (κ1) is 21.4. The average Bonchev–Trinajstić information content (AvgIpc) is 2.59. The molecule has 0 bridgehead atoms. The van der Waals surface area contributed by atoms with Crippen molar-refractivity contribution < 1.29 is 14.0 Å². The molecule has 1 fully saturated rings. The highest BCUT2D eigenvalue weighted by Gasteiger charge is 2.52. The minimum Gasteiger partial charge on any atom is -0.400 e. The van der Waals surface area contributed by atoms with E-state index in [1.165, 1.54) is 31.3 Å². The number of allylic oxidation sites excluding steroid dienone is 1. The van der Waals surface area contributed by atoms with Crippen LogP contribution in [0.2, 0.25) is 13.1 Å². The van der Waals surface area contributed by atoms with Crippen LogP contribution in [0.4, 0.5) is 0 Å². The van der Waals surface area contributed by atoms with Gasteiger partial charge in [0.2, 0.25) is 0 Å². The molecule has 25 heavy (non-hydrogen) atoms. The zero-order valence-electron chi connectivity index (χ0n) is 17.3. The Labute approximate surface area is 159 Å². The lowest BCUT2D eigenvalue weighted by Gasteiger charge is -2.56. The van der Waals surface area contributed by atoms with Gasteiger partial charge in [-0.3, -0.25) is 0 Å². The number of aliphatic hydroxyl groups excluding tert-OH is 1. The minimum atomic E-state index is -0.486. The molecule has 0 aliphatic heterocycles. The predicted molar refractivity (Wildman–Crippen MR) is 111 cm³/mol. The van der Waals surface area contributed by atoms with Gasteiger partial charge in [-0.05, 0) is 42.9 Å². The molecule has 0 unspecified atom stereocenters. The fraction of sp³-hybridized carbons (Fsp3) is 0.900. The van der Waals surface area contributed by atoms with Crippen LogP contribution in [0.25, 0.3) is 0 Å². The molecule has 1 N–H and O–H groups in total. The molecule has 5 heteroatoms. The van der Waals surface area contributed by atoms with E-state index < -0.39 is 19.5 Å². The standard InChI is InChI=1S/C20H40O3Si2/c1-14(13-21)15-9-7-10-17-16(11-8-12-20(15,17)4)19(2,3)18(22-24-5)23-25-6/h9,14,16-18,21H,7-8,10-13,24-25H2,1-6H3/t14-,16+,17-,20+/m1/s1. The van der Waals surface area contributed by atoms with Gasteiger partial charge in [0.05, 0.1) is 0 Å². The van der Waals surface area contributed by atoms with Crippen molar-refractivity contribution in [1.82, 2.24) is 0 Å². The van der Waals surface area contributed by atoms with Crippen LogP contribution in [0.5, 0.6) is 0 Å². The Bertz CT molecular complexity index is 460. The molecule has 0 heterocycles. The van der Waals surface area contributed by atoms with Gasteiger partial charge in [0.1, 0.15) is 6.29 Å². The maximum Gasteiger partial charge on any atom is 0.161 e. The topological polar surface area (TPSA) is 38.7 Å². The molecular formula is C20H40O3Si2. The SMILES string of the molecule is C[SiH2]OC(O[SiH2]C)C(C)(C)[C@H]1CCC[C@@]2(C)C([C@H](C)CO)=CCC[C@H]12. The average molecular weight is 385 g/mol. The van der Waals surface area contributed by atoms with Crippen LogP contribution in [0, 0.1) is 28.6 Å². The molecule has 1 saturated carbocycles. The van der Waals surface area contributed by atoms with E-state index in [1.807, 2.05) is 0 Å². The molecule has 0 aromatic rings. The number of rotatable bonds is 8. The smallest absolute Gasteiger partial charge is 0.161 e. The second kappa shape index (κ2) is 8.83. The molecule has 2 rings (SSSR count). The van der Waals surface area contributed by atoms with E-state index in [4.69, 9.17) is 8.85 Å². The van der Waals surface area contributed by atoms with E-state index in [-0.39, 0.29) is 29.6 Å². The van der Waals surface area contributed by atoms with E-state index in [2.05, 4.69) is 46.9 Å². The molecule has 4 atom stereocenters. The number of hydrogen-bond donors (Lipinski definition) is 1. The zero-order chi connectivity index (χ0) is 18.7. The maximum atomic E-state index is 9.77. The summed E-state index contributed by atoms with van der Waals surface area (Å²) in [5.41, 5.74) is 1.81. The van der Waals surface area contributed by atoms with E-state index in [1.54, 1.807) is 0 Å². The van der Waals surface area contributed by atoms with Crippen molar-refractivity contribution in [2.24, 2.45) is 28.6 Å². The molecule has 0 radical (unpaired) electrons. The van der Waals surface area contributed by atoms with Crippen LogP contribution in [0.15, 0.2) is 11.6 Å². The Morgan fingerprint density at radius 1 is 1.28 bits per heavy atom. The van der Waals surface area contributed by atoms with Gasteiger partial charge in [-0.25, -0.2) is 0 Å². The first-order valence-corrected chi connectivity index (χ1v) is 14.4. The highest BCUT2D eigenvalue weighted by atomic mass is 28.2. The first-order chi connectivity index (χ1) is 11.8. The van der Waals surface area contributed by atoms with Crippen LogP contribution in [0.1, 0.15) is 59.8 Å². The summed E-state index contributed by atoms with van der Waals surface area (Å²) < 4.78 is 12.4. The summed E-state index contributed by atoms with van der Waals surface area (Å²) in [6.45, 7) is 14.1. The van der Waals surface area contributed by atoms with E-state index >= 15 is 0 Å². The van der Waals surface area contributed by atoms with Crippen molar-refractivity contribution in [3.63, 3.8) is 0 Å². The fourth-order valence-corrected chi connectivity index (χ4v) is 7.61. The monoisotopic (exact) mass is 384 g/mol. The lowest BCUT2D eigenvalue weighted by Crippen LogP contribution is -2.51. The second-order valence-corrected chi connectivity index (χ2v) is 10.7. The summed E-state index contributed by atoms with van der Waals surface area (Å²) in [6, 6.07) is 0. The highest BCUT2D eigenvalue weighted by molar-refractivity contribution is 6.26. The Kier molecular flexibility index (Phi) is 7.54. The Morgan fingerprint density at radius 2 is 1.92 bits per heavy atom. The molecular weight excluding hydrogens is 344 g/mol. The quantitative estimate of drug-likeness (QED) is 0.396. The third kappa shape index (κ3) is 4.16. The van der Waals surface area contributed by atoms with Crippen LogP contribution in [-0.2, 0) is 8.85 Å². The highest BCUT2D eigenvalue weighted by Crippen LogP contribution is 2.59. The molecule has 0 spiro atoms. The van der Waals surface area contributed by atoms with Gasteiger partial charge in [-0.2, -0.15) is 0 Å². The van der Waals surface area contributed by atoms with Crippen molar-refractivity contribution >= 4 is 19.5 Å². The Morgan fingerprint density at radius 3 is 2.48 bits per heavy atom. The molecule has 0 aromatic carbocycles. The minimum absolute atomic E-state index is 0.0159. The summed E-state index contributed by atoms with van der Waals surface area (Å²) in [5, 5.41) is 9.77. The fourth-order valence-electron chi connectivity index (χ4n) is 5.76. The van der Waals surface area contributed by atoms with E-state index in [0.29, 0.717) is 11.8 Å². The predicted octanol–water partition coefficient (Wildman–Crippen LogP) is 3.41. The van der Waals surface area contributed by atoms with Crippen molar-refractivity contribution in [3.8, 4) is 0 Å². The molecule has 2 aliphatic carbocycles. The number of aliphatic hydroxyl groups is 1. The lowest BCUT2D eigenvalue weighted by molar-refractivity contribution is -0.137. The van der Waals surface area contributed by atoms with Crippen molar-refractivity contribution in [3.05, 3.63) is 11.6 Å². The van der Waals surface area contributed by atoms with Gasteiger partial charge in [0.15, 0.2) is 19.5 Å². The van der Waals surface area contributed by atoms with Crippen molar-refractivity contribution in [2.45, 2.75) is 79.2 Å². The summed E-state index contributed by atoms with van der Waals surface area (Å²) in [7, 11) is -0.971. The first-order valence-electron chi connectivity index (χ1n) is 10.4. The van der Waals surface area contributed by atoms with Crippen molar-refractivity contribution in [1.29, 1.82) is 0 Å². The lowest BCUT2D eigenvalue weighted by atomic mass is 9.50. The van der Waals surface area contributed by atoms with Crippen LogP contribution in [-0.4, -0.2) is 37.5 Å². The molecule has 2 aliphatic rings. The summed E-state index contributed by atoms with van der Waals surface area (Å²) in [5.74, 6) is 1.59. The Hall–Kier alpha value is 0.0538. The molecule has 146 valence electrons. The van der Waals surface area contributed by atoms with Crippen molar-refractivity contribution in [2.75, 3.05) is 6.61 Å². The largest absolute Gasteiger partial charge is 0.400 e. The van der Waals surface area contributed by atoms with Crippen LogP contribution >= 0.6 is 0 Å². The Balaban J connectivity index is 2.32. The summed E-state index contributed by atoms with van der Waals surface area (Å²) in [4.78, 5) is 0. The molecule has 0 aromatic heterocycles. The van der Waals surface area contributed by atoms with Gasteiger partial charge in [0, 0.05) is 17.9 Å².